The Hall–Kier alpha value is -1.88. The zero-order valence-corrected chi connectivity index (χ0v) is 10.5. The fourth-order valence-electron chi connectivity index (χ4n) is 1.12. The second-order valence-electron chi connectivity index (χ2n) is 3.40. The first-order valence-corrected chi connectivity index (χ1v) is 5.29. The van der Waals surface area contributed by atoms with Crippen LogP contribution in [0.25, 0.3) is 0 Å². The molecule has 0 amide bonds. The third kappa shape index (κ3) is 3.88. The van der Waals surface area contributed by atoms with Crippen molar-refractivity contribution in [3.05, 3.63) is 41.5 Å². The van der Waals surface area contributed by atoms with E-state index in [0.29, 0.717) is 5.75 Å². The van der Waals surface area contributed by atoms with Gasteiger partial charge in [-0.2, -0.15) is 0 Å². The lowest BCUT2D eigenvalue weighted by atomic mass is 10.2. The predicted molar refractivity (Wildman–Crippen MR) is 62.4 cm³/mol. The van der Waals surface area contributed by atoms with Gasteiger partial charge in [-0.15, -0.1) is 0 Å². The van der Waals surface area contributed by atoms with Crippen molar-refractivity contribution in [2.45, 2.75) is 13.8 Å². The van der Waals surface area contributed by atoms with Gasteiger partial charge in [-0.1, -0.05) is 18.2 Å². The lowest BCUT2D eigenvalue weighted by Crippen LogP contribution is -2.12. The minimum Gasteiger partial charge on any atom is -0.513 e. The molecule has 0 aliphatic carbocycles. The molecule has 1 aromatic carbocycles. The first kappa shape index (κ1) is 13.2. The fourth-order valence-corrected chi connectivity index (χ4v) is 1.18. The highest BCUT2D eigenvalue weighted by Crippen LogP contribution is 2.17. The Balaban J connectivity index is 2.77. The molecule has 0 atom stereocenters. The summed E-state index contributed by atoms with van der Waals surface area (Å²) in [5.74, 6) is -0.783. The Bertz CT molecular complexity index is 465. The van der Waals surface area contributed by atoms with E-state index in [0.717, 1.165) is 11.6 Å². The molecule has 0 aliphatic heterocycles. The number of carbonyl (C=O) groups is 2. The van der Waals surface area contributed by atoms with Crippen LogP contribution < -0.4 is 4.74 Å². The Morgan fingerprint density at radius 2 is 1.94 bits per heavy atom. The van der Waals surface area contributed by atoms with E-state index in [1.165, 1.54) is 6.92 Å². The van der Waals surface area contributed by atoms with Crippen LogP contribution in [0.5, 0.6) is 5.75 Å². The second-order valence-corrected chi connectivity index (χ2v) is 3.61. The summed E-state index contributed by atoms with van der Waals surface area (Å²) >= 11 is 0. The molecule has 4 nitrogen and oxygen atoms in total. The van der Waals surface area contributed by atoms with Gasteiger partial charge in [-0.3, -0.25) is 0 Å². The summed E-state index contributed by atoms with van der Waals surface area (Å²) in [5, 5.41) is 0. The molecular formula is C12H11O4Si. The minimum atomic E-state index is -0.666. The highest BCUT2D eigenvalue weighted by atomic mass is 28.2. The molecule has 0 unspecified atom stereocenters. The summed E-state index contributed by atoms with van der Waals surface area (Å²) in [5.41, 5.74) is 1.01. The summed E-state index contributed by atoms with van der Waals surface area (Å²) in [4.78, 5) is 22.5. The largest absolute Gasteiger partial charge is 0.513 e. The maximum absolute atomic E-state index is 11.6. The maximum atomic E-state index is 11.6. The van der Waals surface area contributed by atoms with Gasteiger partial charge in [0, 0.05) is 11.6 Å². The van der Waals surface area contributed by atoms with Gasteiger partial charge in [0.2, 0.25) is 0 Å². The molecule has 0 N–H and O–H groups in total. The van der Waals surface area contributed by atoms with E-state index in [4.69, 9.17) is 4.74 Å². The highest BCUT2D eigenvalue weighted by Gasteiger charge is 2.10. The van der Waals surface area contributed by atoms with Gasteiger partial charge >= 0.3 is 22.4 Å². The summed E-state index contributed by atoms with van der Waals surface area (Å²) in [6.45, 7) is 3.30. The molecule has 0 heterocycles. The molecule has 1 rings (SSSR count). The fraction of sp³-hybridized carbons (Fsp3) is 0.167. The van der Waals surface area contributed by atoms with Crippen molar-refractivity contribution in [3.63, 3.8) is 0 Å². The van der Waals surface area contributed by atoms with E-state index >= 15 is 0 Å². The van der Waals surface area contributed by atoms with Gasteiger partial charge < -0.3 is 9.16 Å². The quantitative estimate of drug-likeness (QED) is 0.351. The van der Waals surface area contributed by atoms with Gasteiger partial charge in [0.1, 0.15) is 5.75 Å². The molecular weight excluding hydrogens is 236 g/mol. The van der Waals surface area contributed by atoms with Crippen molar-refractivity contribution in [2.75, 3.05) is 0 Å². The van der Waals surface area contributed by atoms with Crippen LogP contribution in [-0.2, 0) is 14.0 Å². The van der Waals surface area contributed by atoms with E-state index in [1.54, 1.807) is 12.1 Å². The van der Waals surface area contributed by atoms with Crippen LogP contribution in [0.4, 0.5) is 0 Å². The van der Waals surface area contributed by atoms with Crippen LogP contribution in [0.3, 0.4) is 0 Å². The molecule has 5 heteroatoms. The summed E-state index contributed by atoms with van der Waals surface area (Å²) in [6, 6.07) is 7.12. The smallest absolute Gasteiger partial charge is 0.345 e. The molecule has 0 saturated heterocycles. The Morgan fingerprint density at radius 1 is 1.29 bits per heavy atom. The number of hydrogen-bond donors (Lipinski definition) is 0. The van der Waals surface area contributed by atoms with Crippen molar-refractivity contribution < 1.29 is 18.8 Å². The average molecular weight is 247 g/mol. The molecule has 17 heavy (non-hydrogen) atoms. The van der Waals surface area contributed by atoms with E-state index in [9.17, 15) is 9.59 Å². The number of aryl methyl sites for hydroxylation is 1. The van der Waals surface area contributed by atoms with Crippen LogP contribution in [0.1, 0.15) is 12.5 Å². The Kier molecular flexibility index (Phi) is 4.65. The van der Waals surface area contributed by atoms with E-state index in [2.05, 4.69) is 14.9 Å². The van der Waals surface area contributed by atoms with Gasteiger partial charge in [0.05, 0.1) is 0 Å². The zero-order valence-electron chi connectivity index (χ0n) is 9.52. The lowest BCUT2D eigenvalue weighted by molar-refractivity contribution is -0.132. The minimum absolute atomic E-state index is 0.163. The number of para-hydroxylation sites is 1. The first-order valence-electron chi connectivity index (χ1n) is 4.88. The lowest BCUT2D eigenvalue weighted by Gasteiger charge is -2.06. The topological polar surface area (TPSA) is 52.6 Å². The molecule has 0 aliphatic rings. The summed E-state index contributed by atoms with van der Waals surface area (Å²) < 4.78 is 9.35. The van der Waals surface area contributed by atoms with Crippen molar-refractivity contribution >= 4 is 22.4 Å². The predicted octanol–water partition coefficient (Wildman–Crippen LogP) is 1.47. The summed E-state index contributed by atoms with van der Waals surface area (Å²) in [6.07, 6.45) is 1.05. The van der Waals surface area contributed by atoms with Crippen molar-refractivity contribution in [1.82, 2.24) is 0 Å². The number of ether oxygens (including phenoxy) is 1. The van der Waals surface area contributed by atoms with E-state index in [-0.39, 0.29) is 5.57 Å². The third-order valence-electron chi connectivity index (χ3n) is 2.05. The van der Waals surface area contributed by atoms with Gasteiger partial charge in [0.15, 0.2) is 0 Å². The monoisotopic (exact) mass is 247 g/mol. The molecule has 87 valence electrons. The molecule has 0 spiro atoms. The van der Waals surface area contributed by atoms with Crippen LogP contribution in [0.2, 0.25) is 0 Å². The average Bonchev–Trinajstić information content (AvgIpc) is 2.31. The number of benzene rings is 1. The van der Waals surface area contributed by atoms with Gasteiger partial charge in [-0.25, -0.2) is 9.59 Å². The van der Waals surface area contributed by atoms with Crippen molar-refractivity contribution in [1.29, 1.82) is 0 Å². The zero-order chi connectivity index (χ0) is 12.8. The molecule has 3 radical (unpaired) electrons. The highest BCUT2D eigenvalue weighted by molar-refractivity contribution is 6.09. The molecule has 0 aromatic heterocycles. The van der Waals surface area contributed by atoms with E-state index in [1.807, 2.05) is 19.1 Å². The Morgan fingerprint density at radius 3 is 2.53 bits per heavy atom. The van der Waals surface area contributed by atoms with E-state index < -0.39 is 11.9 Å². The van der Waals surface area contributed by atoms with Crippen LogP contribution in [-0.4, -0.2) is 22.4 Å². The summed E-state index contributed by atoms with van der Waals surface area (Å²) in [7, 11) is 2.57. The van der Waals surface area contributed by atoms with Crippen molar-refractivity contribution in [3.8, 4) is 5.75 Å². The van der Waals surface area contributed by atoms with Gasteiger partial charge in [0.25, 0.3) is 0 Å². The molecule has 1 aromatic rings. The number of rotatable bonds is 3. The third-order valence-corrected chi connectivity index (χ3v) is 2.25. The van der Waals surface area contributed by atoms with Gasteiger partial charge in [-0.05, 0) is 25.5 Å². The molecule has 0 saturated carbocycles. The first-order chi connectivity index (χ1) is 8.04. The second kappa shape index (κ2) is 6.00. The van der Waals surface area contributed by atoms with Crippen LogP contribution >= 0.6 is 0 Å². The van der Waals surface area contributed by atoms with Crippen molar-refractivity contribution in [2.24, 2.45) is 0 Å². The number of esters is 1. The SMILES string of the molecule is CC(=CC(=O)O[Si])C(=O)Oc1ccccc1C. The number of hydrogen-bond acceptors (Lipinski definition) is 4. The normalized spacial score (nSPS) is 10.9. The standard InChI is InChI=1S/C12H11O4Si/c1-8-5-3-4-6-10(8)15-12(14)9(2)7-11(13)16-17/h3-7H,1-2H3. The molecule has 0 bridgehead atoms. The number of carbonyl (C=O) groups excluding carboxylic acids is 2. The Labute approximate surface area is 103 Å². The van der Waals surface area contributed by atoms with Crippen LogP contribution in [0, 0.1) is 6.92 Å². The molecule has 0 fully saturated rings. The van der Waals surface area contributed by atoms with Crippen LogP contribution in [0.15, 0.2) is 35.9 Å². The maximum Gasteiger partial charge on any atom is 0.345 e.